The highest BCUT2D eigenvalue weighted by Crippen LogP contribution is 2.21. The maximum atomic E-state index is 13.2. The second-order valence-electron chi connectivity index (χ2n) is 3.93. The molecular formula is C12H13ClFN5O. The van der Waals surface area contributed by atoms with Crippen molar-refractivity contribution >= 4 is 29.2 Å². The Morgan fingerprint density at radius 3 is 2.80 bits per heavy atom. The fourth-order valence-corrected chi connectivity index (χ4v) is 1.66. The van der Waals surface area contributed by atoms with Crippen LogP contribution in [0.25, 0.3) is 0 Å². The third-order valence-electron chi connectivity index (χ3n) is 2.19. The summed E-state index contributed by atoms with van der Waals surface area (Å²) in [6.45, 7) is 2.42. The first-order chi connectivity index (χ1) is 9.56. The highest BCUT2D eigenvalue weighted by molar-refractivity contribution is 6.30. The van der Waals surface area contributed by atoms with Gasteiger partial charge in [0.25, 0.3) is 0 Å². The minimum absolute atomic E-state index is 0.0103. The summed E-state index contributed by atoms with van der Waals surface area (Å²) in [5.41, 5.74) is 5.97. The Morgan fingerprint density at radius 1 is 1.30 bits per heavy atom. The lowest BCUT2D eigenvalue weighted by atomic mass is 10.3. The van der Waals surface area contributed by atoms with Crippen LogP contribution in [0.15, 0.2) is 18.2 Å². The highest BCUT2D eigenvalue weighted by atomic mass is 35.5. The zero-order valence-electron chi connectivity index (χ0n) is 10.7. The van der Waals surface area contributed by atoms with Crippen molar-refractivity contribution in [3.8, 4) is 6.01 Å². The molecule has 20 heavy (non-hydrogen) atoms. The summed E-state index contributed by atoms with van der Waals surface area (Å²) in [4.78, 5) is 11.8. The number of hydrogen-bond acceptors (Lipinski definition) is 6. The standard InChI is InChI=1S/C12H13ClFN5O/c1-2-3-20-12-18-10(15)17-11(19-12)16-9-5-7(13)4-8(14)6-9/h4-6H,2-3H2,1H3,(H3,15,16,17,18,19). The van der Waals surface area contributed by atoms with Crippen LogP contribution >= 0.6 is 11.6 Å². The first-order valence-corrected chi connectivity index (χ1v) is 6.32. The van der Waals surface area contributed by atoms with E-state index in [4.69, 9.17) is 22.1 Å². The summed E-state index contributed by atoms with van der Waals surface area (Å²) >= 11 is 5.76. The Kier molecular flexibility index (Phi) is 4.52. The number of halogens is 2. The van der Waals surface area contributed by atoms with Crippen LogP contribution in [-0.4, -0.2) is 21.6 Å². The lowest BCUT2D eigenvalue weighted by molar-refractivity contribution is 0.292. The number of aromatic nitrogens is 3. The predicted molar refractivity (Wildman–Crippen MR) is 74.7 cm³/mol. The lowest BCUT2D eigenvalue weighted by Crippen LogP contribution is -2.07. The second-order valence-corrected chi connectivity index (χ2v) is 4.37. The van der Waals surface area contributed by atoms with E-state index in [-0.39, 0.29) is 22.9 Å². The first kappa shape index (κ1) is 14.3. The number of nitrogens with one attached hydrogen (secondary N) is 1. The molecule has 106 valence electrons. The summed E-state index contributed by atoms with van der Waals surface area (Å²) in [6, 6.07) is 4.12. The topological polar surface area (TPSA) is 86.0 Å². The zero-order valence-corrected chi connectivity index (χ0v) is 11.5. The second kappa shape index (κ2) is 6.33. The number of benzene rings is 1. The van der Waals surface area contributed by atoms with Crippen LogP contribution in [0, 0.1) is 5.82 Å². The van der Waals surface area contributed by atoms with Gasteiger partial charge in [-0.05, 0) is 24.6 Å². The molecule has 0 bridgehead atoms. The molecular weight excluding hydrogens is 285 g/mol. The molecule has 0 spiro atoms. The van der Waals surface area contributed by atoms with Crippen LogP contribution < -0.4 is 15.8 Å². The summed E-state index contributed by atoms with van der Waals surface area (Å²) in [7, 11) is 0. The van der Waals surface area contributed by atoms with Crippen LogP contribution in [0.1, 0.15) is 13.3 Å². The van der Waals surface area contributed by atoms with Crippen molar-refractivity contribution in [3.05, 3.63) is 29.0 Å². The smallest absolute Gasteiger partial charge is 0.323 e. The number of nitrogen functional groups attached to an aromatic ring is 1. The molecule has 1 aromatic heterocycles. The van der Waals surface area contributed by atoms with Gasteiger partial charge in [0.2, 0.25) is 11.9 Å². The van der Waals surface area contributed by atoms with Gasteiger partial charge in [-0.1, -0.05) is 18.5 Å². The number of rotatable bonds is 5. The third kappa shape index (κ3) is 3.92. The van der Waals surface area contributed by atoms with E-state index < -0.39 is 5.82 Å². The van der Waals surface area contributed by atoms with Crippen molar-refractivity contribution in [1.82, 2.24) is 15.0 Å². The quantitative estimate of drug-likeness (QED) is 0.882. The van der Waals surface area contributed by atoms with Crippen molar-refractivity contribution in [2.45, 2.75) is 13.3 Å². The van der Waals surface area contributed by atoms with Gasteiger partial charge >= 0.3 is 6.01 Å². The molecule has 8 heteroatoms. The number of nitrogens with two attached hydrogens (primary N) is 1. The Hall–Kier alpha value is -2.15. The van der Waals surface area contributed by atoms with Gasteiger partial charge < -0.3 is 15.8 Å². The largest absolute Gasteiger partial charge is 0.463 e. The van der Waals surface area contributed by atoms with Crippen molar-refractivity contribution in [2.24, 2.45) is 0 Å². The highest BCUT2D eigenvalue weighted by Gasteiger charge is 2.07. The molecule has 0 aliphatic rings. The Morgan fingerprint density at radius 2 is 2.10 bits per heavy atom. The normalized spacial score (nSPS) is 10.3. The van der Waals surface area contributed by atoms with Crippen LogP contribution in [0.2, 0.25) is 5.02 Å². The van der Waals surface area contributed by atoms with Crippen molar-refractivity contribution in [2.75, 3.05) is 17.7 Å². The molecule has 0 atom stereocenters. The number of hydrogen-bond donors (Lipinski definition) is 2. The molecule has 0 radical (unpaired) electrons. The van der Waals surface area contributed by atoms with Crippen molar-refractivity contribution < 1.29 is 9.13 Å². The van der Waals surface area contributed by atoms with Gasteiger partial charge in [-0.3, -0.25) is 0 Å². The number of ether oxygens (including phenoxy) is 1. The van der Waals surface area contributed by atoms with Gasteiger partial charge in [-0.2, -0.15) is 15.0 Å². The van der Waals surface area contributed by atoms with E-state index in [0.717, 1.165) is 6.42 Å². The van der Waals surface area contributed by atoms with Crippen LogP contribution in [0.3, 0.4) is 0 Å². The molecule has 6 nitrogen and oxygen atoms in total. The van der Waals surface area contributed by atoms with Crippen molar-refractivity contribution in [1.29, 1.82) is 0 Å². The number of nitrogens with zero attached hydrogens (tertiary/aromatic N) is 3. The zero-order chi connectivity index (χ0) is 14.5. The van der Waals surface area contributed by atoms with E-state index in [1.165, 1.54) is 18.2 Å². The fourth-order valence-electron chi connectivity index (χ4n) is 1.44. The van der Waals surface area contributed by atoms with E-state index in [1.807, 2.05) is 6.92 Å². The van der Waals surface area contributed by atoms with Gasteiger partial charge in [0.1, 0.15) is 5.82 Å². The van der Waals surface area contributed by atoms with Gasteiger partial charge in [0.05, 0.1) is 6.61 Å². The molecule has 0 unspecified atom stereocenters. The van der Waals surface area contributed by atoms with E-state index in [9.17, 15) is 4.39 Å². The SMILES string of the molecule is CCCOc1nc(N)nc(Nc2cc(F)cc(Cl)c2)n1. The van der Waals surface area contributed by atoms with Crippen molar-refractivity contribution in [3.63, 3.8) is 0 Å². The molecule has 2 aromatic rings. The molecule has 0 aliphatic carbocycles. The van der Waals surface area contributed by atoms with Crippen LogP contribution in [0.5, 0.6) is 6.01 Å². The monoisotopic (exact) mass is 297 g/mol. The summed E-state index contributed by atoms with van der Waals surface area (Å²) < 4.78 is 18.5. The average Bonchev–Trinajstić information content (AvgIpc) is 2.34. The van der Waals surface area contributed by atoms with Crippen LogP contribution in [0.4, 0.5) is 22.0 Å². The number of anilines is 3. The molecule has 1 aromatic carbocycles. The van der Waals surface area contributed by atoms with E-state index >= 15 is 0 Å². The Labute approximate surface area is 120 Å². The minimum Gasteiger partial charge on any atom is -0.463 e. The average molecular weight is 298 g/mol. The van der Waals surface area contributed by atoms with Gasteiger partial charge in [-0.15, -0.1) is 0 Å². The fraction of sp³-hybridized carbons (Fsp3) is 0.250. The van der Waals surface area contributed by atoms with Gasteiger partial charge in [0, 0.05) is 10.7 Å². The predicted octanol–water partition coefficient (Wildman–Crippen LogP) is 2.78. The Bertz CT molecular complexity index is 590. The maximum absolute atomic E-state index is 13.2. The maximum Gasteiger partial charge on any atom is 0.323 e. The molecule has 0 saturated heterocycles. The third-order valence-corrected chi connectivity index (χ3v) is 2.40. The van der Waals surface area contributed by atoms with E-state index in [2.05, 4.69) is 20.3 Å². The molecule has 2 rings (SSSR count). The first-order valence-electron chi connectivity index (χ1n) is 5.94. The summed E-state index contributed by atoms with van der Waals surface area (Å²) in [6.07, 6.45) is 0.813. The molecule has 0 saturated carbocycles. The van der Waals surface area contributed by atoms with Gasteiger partial charge in [-0.25, -0.2) is 4.39 Å². The van der Waals surface area contributed by atoms with Gasteiger partial charge in [0.15, 0.2) is 0 Å². The van der Waals surface area contributed by atoms with Crippen LogP contribution in [-0.2, 0) is 0 Å². The molecule has 3 N–H and O–H groups in total. The molecule has 1 heterocycles. The lowest BCUT2D eigenvalue weighted by Gasteiger charge is -2.08. The minimum atomic E-state index is -0.468. The summed E-state index contributed by atoms with van der Waals surface area (Å²) in [5.74, 6) is -0.300. The Balaban J connectivity index is 2.21. The van der Waals surface area contributed by atoms with E-state index in [1.54, 1.807) is 0 Å². The molecule has 0 amide bonds. The van der Waals surface area contributed by atoms with E-state index in [0.29, 0.717) is 12.3 Å². The molecule has 0 aliphatic heterocycles. The summed E-state index contributed by atoms with van der Waals surface area (Å²) in [5, 5.41) is 3.06. The molecule has 0 fully saturated rings.